The number of nitrogens with one attached hydrogen (secondary N) is 7. The minimum atomic E-state index is -1.59. The predicted octanol–water partition coefficient (Wildman–Crippen LogP) is 0.704. The largest absolute Gasteiger partial charge is 0.508 e. The molecule has 14 N–H and O–H groups in total. The first kappa shape index (κ1) is 58.7. The van der Waals surface area contributed by atoms with Crippen molar-refractivity contribution in [2.75, 3.05) is 25.1 Å². The van der Waals surface area contributed by atoms with Crippen LogP contribution in [0.15, 0.2) is 85.1 Å². The summed E-state index contributed by atoms with van der Waals surface area (Å²) in [4.78, 5) is 129. The van der Waals surface area contributed by atoms with Gasteiger partial charge < -0.3 is 68.6 Å². The van der Waals surface area contributed by atoms with E-state index in [1.807, 2.05) is 18.2 Å². The molecule has 22 nitrogen and oxygen atoms in total. The van der Waals surface area contributed by atoms with E-state index in [2.05, 4.69) is 36.9 Å². The number of aliphatic carboxylic acids is 2. The second-order valence-corrected chi connectivity index (χ2v) is 21.1. The minimum Gasteiger partial charge on any atom is -0.508 e. The number of fused-ring (bicyclic) bond motifs is 1. The molecule has 1 aromatic heterocycles. The number of nitrogens with two attached hydrogens (primary N) is 2. The highest BCUT2D eigenvalue weighted by atomic mass is 33.1. The zero-order chi connectivity index (χ0) is 54.8. The molecule has 0 unspecified atom stereocenters. The van der Waals surface area contributed by atoms with Crippen LogP contribution in [0.4, 0.5) is 0 Å². The molecule has 24 heteroatoms. The lowest BCUT2D eigenvalue weighted by Crippen LogP contribution is -2.61. The third kappa shape index (κ3) is 17.5. The molecule has 5 rings (SSSR count). The number of phenolic OH excluding ortho intramolecular Hbond substituents is 1. The topological polar surface area (TPSA) is 358 Å². The normalized spacial score (nSPS) is 21.5. The minimum absolute atomic E-state index is 0.0269. The number of carboxylic acid groups (broad SMARTS) is 2. The Morgan fingerprint density at radius 2 is 1.31 bits per heavy atom. The van der Waals surface area contributed by atoms with Crippen molar-refractivity contribution >= 4 is 85.8 Å². The standard InChI is InChI=1S/C51H66N10O12S2/c1-28(2)43(51(72)73)60-49(70)41-27-75-74-26-40(59-44(65)34(53)24-42(63)64)48(69)56-37(21-29-11-5-4-6-12-29)46(67)57-38(23-31-25-54-35-14-8-7-13-33(31)35)47(68)55-36(15-9-10-20-52)45(66)58-39(50(71)61(41)3)22-30-16-18-32(62)19-17-30/h4-8,11-14,16-19,25,28,34,36-41,43,54,62H,9-10,15,20-24,26-27,52-53H2,1-3H3,(H,55,68)(H,56,69)(H,57,67)(H,58,66)(H,59,65)(H,60,70)(H,63,64)(H,72,73)/t34-,36-,37-,38-,39-,40-,41-,43-/m0/s1. The molecule has 0 radical (unpaired) electrons. The first-order valence-electron chi connectivity index (χ1n) is 24.4. The van der Waals surface area contributed by atoms with Crippen molar-refractivity contribution in [3.05, 3.63) is 102 Å². The number of hydrogen-bond acceptors (Lipinski definition) is 14. The number of carbonyl (C=O) groups is 9. The van der Waals surface area contributed by atoms with Crippen LogP contribution in [0, 0.1) is 5.92 Å². The average molecular weight is 1080 g/mol. The van der Waals surface area contributed by atoms with E-state index in [0.29, 0.717) is 29.5 Å². The maximum atomic E-state index is 14.9. The molecule has 1 aliphatic heterocycles. The fraction of sp³-hybridized carbons (Fsp3) is 0.431. The number of amides is 7. The number of H-pyrrole nitrogens is 1. The van der Waals surface area contributed by atoms with E-state index >= 15 is 0 Å². The third-order valence-electron chi connectivity index (χ3n) is 12.5. The van der Waals surface area contributed by atoms with Crippen molar-refractivity contribution in [3.63, 3.8) is 0 Å². The Kier molecular flexibility index (Phi) is 22.3. The Labute approximate surface area is 441 Å². The van der Waals surface area contributed by atoms with Crippen molar-refractivity contribution in [2.24, 2.45) is 17.4 Å². The number of nitrogens with zero attached hydrogens (tertiary/aromatic N) is 1. The van der Waals surface area contributed by atoms with E-state index in [0.717, 1.165) is 37.4 Å². The first-order valence-corrected chi connectivity index (χ1v) is 26.8. The van der Waals surface area contributed by atoms with Crippen LogP contribution in [0.3, 0.4) is 0 Å². The molecule has 1 saturated heterocycles. The van der Waals surface area contributed by atoms with Crippen molar-refractivity contribution in [1.82, 2.24) is 41.8 Å². The van der Waals surface area contributed by atoms with Crippen LogP contribution in [0.25, 0.3) is 10.9 Å². The quantitative estimate of drug-likeness (QED) is 0.0482. The number of aromatic hydroxyl groups is 1. The van der Waals surface area contributed by atoms with Crippen LogP contribution in [-0.2, 0) is 62.4 Å². The smallest absolute Gasteiger partial charge is 0.326 e. The zero-order valence-electron chi connectivity index (χ0n) is 41.8. The maximum Gasteiger partial charge on any atom is 0.326 e. The predicted molar refractivity (Wildman–Crippen MR) is 283 cm³/mol. The number of unbranched alkanes of at least 4 members (excludes halogenated alkanes) is 1. The monoisotopic (exact) mass is 1070 g/mol. The van der Waals surface area contributed by atoms with Crippen LogP contribution in [-0.4, -0.2) is 152 Å². The van der Waals surface area contributed by atoms with Crippen LogP contribution in [0.5, 0.6) is 5.75 Å². The molecular weight excluding hydrogens is 1010 g/mol. The SMILES string of the molecule is CC(C)[C@H](NC(=O)[C@@H]1CSSC[C@H](NC(=O)[C@@H](N)CC(=O)O)C(=O)N[C@@H](Cc2ccccc2)C(=O)N[C@@H](Cc2c[nH]c3ccccc23)C(=O)N[C@@H](CCCCN)C(=O)N[C@@H](Cc2ccc(O)cc2)C(=O)N1C)C(=O)O. The highest BCUT2D eigenvalue weighted by Crippen LogP contribution is 2.26. The number of para-hydroxylation sites is 1. The molecule has 0 aliphatic carbocycles. The van der Waals surface area contributed by atoms with E-state index in [1.165, 1.54) is 31.3 Å². The number of carboxylic acids is 2. The van der Waals surface area contributed by atoms with Crippen molar-refractivity contribution < 1.29 is 58.5 Å². The molecular formula is C51H66N10O12S2. The van der Waals surface area contributed by atoms with Crippen LogP contribution in [0.2, 0.25) is 0 Å². The van der Waals surface area contributed by atoms with Crippen LogP contribution < -0.4 is 43.4 Å². The van der Waals surface area contributed by atoms with Crippen LogP contribution >= 0.6 is 21.6 Å². The second-order valence-electron chi connectivity index (χ2n) is 18.5. The van der Waals surface area contributed by atoms with Gasteiger partial charge in [0.1, 0.15) is 48.0 Å². The number of likely N-dealkylation sites (N-methyl/N-ethyl adjacent to an activating group) is 1. The van der Waals surface area contributed by atoms with E-state index in [9.17, 15) is 58.5 Å². The van der Waals surface area contributed by atoms with Crippen molar-refractivity contribution in [2.45, 2.75) is 107 Å². The molecule has 75 heavy (non-hydrogen) atoms. The Balaban J connectivity index is 1.64. The number of hydrogen-bond donors (Lipinski definition) is 12. The Morgan fingerprint density at radius 3 is 1.96 bits per heavy atom. The molecule has 0 spiro atoms. The maximum absolute atomic E-state index is 14.9. The van der Waals surface area contributed by atoms with Crippen molar-refractivity contribution in [3.8, 4) is 5.75 Å². The van der Waals surface area contributed by atoms with Crippen LogP contribution in [0.1, 0.15) is 56.2 Å². The Morgan fingerprint density at radius 1 is 0.733 bits per heavy atom. The molecule has 8 atom stereocenters. The van der Waals surface area contributed by atoms with Gasteiger partial charge in [-0.25, -0.2) is 4.79 Å². The van der Waals surface area contributed by atoms with Gasteiger partial charge in [0.25, 0.3) is 0 Å². The lowest BCUT2D eigenvalue weighted by Gasteiger charge is -2.33. The number of rotatable bonds is 18. The van der Waals surface area contributed by atoms with E-state index < -0.39 is 114 Å². The summed E-state index contributed by atoms with van der Waals surface area (Å²) in [6.07, 6.45) is 1.30. The Bertz CT molecular complexity index is 2640. The van der Waals surface area contributed by atoms with E-state index in [4.69, 9.17) is 11.5 Å². The number of aromatic nitrogens is 1. The molecule has 404 valence electrons. The summed E-state index contributed by atoms with van der Waals surface area (Å²) < 4.78 is 0. The number of phenols is 1. The van der Waals surface area contributed by atoms with Gasteiger partial charge in [0.05, 0.1) is 12.5 Å². The summed E-state index contributed by atoms with van der Waals surface area (Å²) in [5.41, 5.74) is 14.2. The van der Waals surface area contributed by atoms with E-state index in [1.54, 1.807) is 56.4 Å². The number of benzene rings is 3. The van der Waals surface area contributed by atoms with Gasteiger partial charge in [0.2, 0.25) is 41.4 Å². The number of carbonyl (C=O) groups excluding carboxylic acids is 7. The first-order chi connectivity index (χ1) is 35.8. The highest BCUT2D eigenvalue weighted by molar-refractivity contribution is 8.76. The van der Waals surface area contributed by atoms with Gasteiger partial charge in [-0.3, -0.25) is 38.4 Å². The molecule has 3 aromatic carbocycles. The summed E-state index contributed by atoms with van der Waals surface area (Å²) in [5, 5.41) is 46.4. The highest BCUT2D eigenvalue weighted by Gasteiger charge is 2.38. The van der Waals surface area contributed by atoms with Crippen molar-refractivity contribution in [1.29, 1.82) is 0 Å². The summed E-state index contributed by atoms with van der Waals surface area (Å²) in [7, 11) is 3.23. The van der Waals surface area contributed by atoms with Gasteiger partial charge in [-0.05, 0) is 66.6 Å². The lowest BCUT2D eigenvalue weighted by atomic mass is 10.00. The fourth-order valence-electron chi connectivity index (χ4n) is 8.20. The van der Waals surface area contributed by atoms with Gasteiger partial charge in [0, 0.05) is 54.9 Å². The summed E-state index contributed by atoms with van der Waals surface area (Å²) in [6.45, 7) is 3.42. The number of aromatic amines is 1. The average Bonchev–Trinajstić information content (AvgIpc) is 3.78. The van der Waals surface area contributed by atoms with E-state index in [-0.39, 0.29) is 49.5 Å². The molecule has 7 amide bonds. The van der Waals surface area contributed by atoms with Gasteiger partial charge in [-0.2, -0.15) is 0 Å². The summed E-state index contributed by atoms with van der Waals surface area (Å²) in [5.74, 6) is -9.92. The van der Waals surface area contributed by atoms with Gasteiger partial charge in [0.15, 0.2) is 0 Å². The molecule has 4 aromatic rings. The lowest BCUT2D eigenvalue weighted by molar-refractivity contribution is -0.145. The van der Waals surface area contributed by atoms with Gasteiger partial charge in [-0.1, -0.05) is 96.1 Å². The zero-order valence-corrected chi connectivity index (χ0v) is 43.4. The fourth-order valence-corrected chi connectivity index (χ4v) is 10.6. The molecule has 1 fully saturated rings. The molecule has 0 saturated carbocycles. The Hall–Kier alpha value is -7.15. The summed E-state index contributed by atoms with van der Waals surface area (Å²) >= 11 is 0. The molecule has 2 heterocycles. The van der Waals surface area contributed by atoms with Gasteiger partial charge >= 0.3 is 11.9 Å². The second kappa shape index (κ2) is 28.5. The van der Waals surface area contributed by atoms with Gasteiger partial charge in [-0.15, -0.1) is 0 Å². The molecule has 0 bridgehead atoms. The summed E-state index contributed by atoms with van der Waals surface area (Å²) in [6, 6.07) is 10.3. The molecule has 1 aliphatic rings. The third-order valence-corrected chi connectivity index (χ3v) is 14.9.